The van der Waals surface area contributed by atoms with Crippen molar-refractivity contribution in [3.63, 3.8) is 0 Å². The van der Waals surface area contributed by atoms with E-state index in [0.29, 0.717) is 25.2 Å². The first-order valence-corrected chi connectivity index (χ1v) is 7.83. The van der Waals surface area contributed by atoms with Crippen LogP contribution in [0.1, 0.15) is 5.56 Å². The average molecular weight is 326 g/mol. The summed E-state index contributed by atoms with van der Waals surface area (Å²) in [6.07, 6.45) is 0.402. The molecule has 5 N–H and O–H groups in total. The summed E-state index contributed by atoms with van der Waals surface area (Å²) < 4.78 is 0. The normalized spacial score (nSPS) is 11.4. The Bertz CT molecular complexity index is 647. The number of nitrogens with one attached hydrogen (secondary N) is 3. The second-order valence-corrected chi connectivity index (χ2v) is 5.29. The minimum absolute atomic E-state index is 0.257. The predicted molar refractivity (Wildman–Crippen MR) is 94.6 cm³/mol. The number of urea groups is 1. The second-order valence-electron chi connectivity index (χ2n) is 5.29. The lowest BCUT2D eigenvalue weighted by Gasteiger charge is -2.19. The molecule has 0 saturated heterocycles. The molecule has 24 heavy (non-hydrogen) atoms. The molecule has 6 nitrogen and oxygen atoms in total. The predicted octanol–water partition coefficient (Wildman–Crippen LogP) is 1.49. The van der Waals surface area contributed by atoms with E-state index in [1.54, 1.807) is 12.1 Å². The van der Waals surface area contributed by atoms with Gasteiger partial charge in [0.15, 0.2) is 0 Å². The van der Waals surface area contributed by atoms with E-state index < -0.39 is 12.1 Å². The van der Waals surface area contributed by atoms with Crippen molar-refractivity contribution in [2.24, 2.45) is 5.73 Å². The minimum Gasteiger partial charge on any atom is -0.353 e. The van der Waals surface area contributed by atoms with Crippen molar-refractivity contribution in [3.8, 4) is 0 Å². The summed E-state index contributed by atoms with van der Waals surface area (Å²) in [7, 11) is 0. The minimum atomic E-state index is -0.678. The molecular formula is C18H22N4O2. The summed E-state index contributed by atoms with van der Waals surface area (Å²) in [4.78, 5) is 24.4. The zero-order valence-electron chi connectivity index (χ0n) is 13.4. The molecule has 0 spiro atoms. The van der Waals surface area contributed by atoms with E-state index in [4.69, 9.17) is 5.73 Å². The van der Waals surface area contributed by atoms with E-state index in [1.165, 1.54) is 0 Å². The van der Waals surface area contributed by atoms with Crippen molar-refractivity contribution in [1.29, 1.82) is 0 Å². The van der Waals surface area contributed by atoms with Crippen LogP contribution < -0.4 is 21.7 Å². The maximum Gasteiger partial charge on any atom is 0.319 e. The number of rotatable bonds is 7. The maximum atomic E-state index is 12.3. The molecule has 0 heterocycles. The number of para-hydroxylation sites is 1. The van der Waals surface area contributed by atoms with Gasteiger partial charge in [0, 0.05) is 25.2 Å². The number of carbonyl (C=O) groups excluding carboxylic acids is 2. The van der Waals surface area contributed by atoms with Crippen molar-refractivity contribution >= 4 is 17.6 Å². The molecule has 2 aromatic carbocycles. The van der Waals surface area contributed by atoms with Crippen LogP contribution in [0.15, 0.2) is 60.7 Å². The first-order chi connectivity index (χ1) is 11.7. The molecule has 126 valence electrons. The maximum absolute atomic E-state index is 12.3. The highest BCUT2D eigenvalue weighted by Gasteiger charge is 2.20. The lowest BCUT2D eigenvalue weighted by Crippen LogP contribution is -2.50. The van der Waals surface area contributed by atoms with Crippen LogP contribution in [0, 0.1) is 0 Å². The van der Waals surface area contributed by atoms with Crippen LogP contribution in [0.4, 0.5) is 10.5 Å². The number of benzene rings is 2. The molecule has 0 aliphatic carbocycles. The Hall–Kier alpha value is -2.86. The topological polar surface area (TPSA) is 96.2 Å². The third-order valence-corrected chi connectivity index (χ3v) is 3.38. The van der Waals surface area contributed by atoms with Crippen LogP contribution in [-0.2, 0) is 11.2 Å². The van der Waals surface area contributed by atoms with Crippen molar-refractivity contribution in [2.75, 3.05) is 18.4 Å². The van der Waals surface area contributed by atoms with Crippen LogP contribution in [0.25, 0.3) is 0 Å². The fraction of sp³-hybridized carbons (Fsp3) is 0.222. The summed E-state index contributed by atoms with van der Waals surface area (Å²) in [6.45, 7) is 0.714. The summed E-state index contributed by atoms with van der Waals surface area (Å²) in [6, 6.07) is 17.5. The van der Waals surface area contributed by atoms with Gasteiger partial charge in [-0.25, -0.2) is 4.79 Å². The Morgan fingerprint density at radius 3 is 2.21 bits per heavy atom. The van der Waals surface area contributed by atoms with Gasteiger partial charge >= 0.3 is 6.03 Å². The van der Waals surface area contributed by atoms with Gasteiger partial charge in [-0.3, -0.25) is 4.79 Å². The third kappa shape index (κ3) is 5.73. The van der Waals surface area contributed by atoms with Gasteiger partial charge in [-0.2, -0.15) is 0 Å². The second kappa shape index (κ2) is 9.32. The molecule has 6 heteroatoms. The number of anilines is 1. The Morgan fingerprint density at radius 1 is 0.958 bits per heavy atom. The van der Waals surface area contributed by atoms with Crippen molar-refractivity contribution in [2.45, 2.75) is 12.5 Å². The largest absolute Gasteiger partial charge is 0.353 e. The molecule has 0 aliphatic rings. The molecule has 0 aliphatic heterocycles. The Kier molecular flexibility index (Phi) is 6.79. The van der Waals surface area contributed by atoms with Crippen LogP contribution >= 0.6 is 0 Å². The smallest absolute Gasteiger partial charge is 0.319 e. The highest BCUT2D eigenvalue weighted by atomic mass is 16.2. The molecule has 0 radical (unpaired) electrons. The van der Waals surface area contributed by atoms with Crippen LogP contribution in [-0.4, -0.2) is 31.1 Å². The SMILES string of the molecule is NCCNC(=O)C(Cc1ccccc1)NC(=O)Nc1ccccc1. The first-order valence-electron chi connectivity index (χ1n) is 7.83. The van der Waals surface area contributed by atoms with Gasteiger partial charge in [-0.1, -0.05) is 48.5 Å². The van der Waals surface area contributed by atoms with E-state index in [2.05, 4.69) is 16.0 Å². The summed E-state index contributed by atoms with van der Waals surface area (Å²) in [5, 5.41) is 8.15. The van der Waals surface area contributed by atoms with E-state index in [1.807, 2.05) is 48.5 Å². The fourth-order valence-electron chi connectivity index (χ4n) is 2.22. The zero-order valence-corrected chi connectivity index (χ0v) is 13.4. The van der Waals surface area contributed by atoms with Gasteiger partial charge in [-0.05, 0) is 17.7 Å². The number of nitrogens with two attached hydrogens (primary N) is 1. The average Bonchev–Trinajstić information content (AvgIpc) is 2.61. The van der Waals surface area contributed by atoms with Gasteiger partial charge in [0.2, 0.25) is 5.91 Å². The number of carbonyl (C=O) groups is 2. The standard InChI is InChI=1S/C18H22N4O2/c19-11-12-20-17(23)16(13-14-7-3-1-4-8-14)22-18(24)21-15-9-5-2-6-10-15/h1-10,16H,11-13,19H2,(H,20,23)(H2,21,22,24). The quantitative estimate of drug-likeness (QED) is 0.621. The van der Waals surface area contributed by atoms with Crippen molar-refractivity contribution in [3.05, 3.63) is 66.2 Å². The Balaban J connectivity index is 2.01. The molecule has 2 aromatic rings. The molecule has 0 aromatic heterocycles. The van der Waals surface area contributed by atoms with Crippen LogP contribution in [0.5, 0.6) is 0 Å². The molecule has 3 amide bonds. The fourth-order valence-corrected chi connectivity index (χ4v) is 2.22. The van der Waals surface area contributed by atoms with E-state index in [0.717, 1.165) is 5.56 Å². The van der Waals surface area contributed by atoms with Crippen molar-refractivity contribution in [1.82, 2.24) is 10.6 Å². The molecule has 1 unspecified atom stereocenters. The van der Waals surface area contributed by atoms with E-state index >= 15 is 0 Å². The summed E-state index contributed by atoms with van der Waals surface area (Å²) >= 11 is 0. The number of amides is 3. The lowest BCUT2D eigenvalue weighted by atomic mass is 10.1. The monoisotopic (exact) mass is 326 g/mol. The van der Waals surface area contributed by atoms with E-state index in [9.17, 15) is 9.59 Å². The summed E-state index contributed by atoms with van der Waals surface area (Å²) in [5.74, 6) is -0.257. The van der Waals surface area contributed by atoms with Gasteiger partial charge in [0.05, 0.1) is 0 Å². The Labute approximate surface area is 141 Å². The molecule has 2 rings (SSSR count). The Morgan fingerprint density at radius 2 is 1.58 bits per heavy atom. The number of hydrogen-bond donors (Lipinski definition) is 4. The first kappa shape index (κ1) is 17.5. The molecule has 0 fully saturated rings. The number of hydrogen-bond acceptors (Lipinski definition) is 3. The highest BCUT2D eigenvalue weighted by Crippen LogP contribution is 2.06. The van der Waals surface area contributed by atoms with Gasteiger partial charge in [-0.15, -0.1) is 0 Å². The van der Waals surface area contributed by atoms with Crippen molar-refractivity contribution < 1.29 is 9.59 Å². The summed E-state index contributed by atoms with van der Waals surface area (Å²) in [5.41, 5.74) is 7.04. The van der Waals surface area contributed by atoms with Crippen LogP contribution in [0.3, 0.4) is 0 Å². The molecule has 0 saturated carbocycles. The molecule has 0 bridgehead atoms. The zero-order chi connectivity index (χ0) is 17.2. The van der Waals surface area contributed by atoms with Crippen LogP contribution in [0.2, 0.25) is 0 Å². The third-order valence-electron chi connectivity index (χ3n) is 3.38. The van der Waals surface area contributed by atoms with Gasteiger partial charge in [0.25, 0.3) is 0 Å². The molecular weight excluding hydrogens is 304 g/mol. The van der Waals surface area contributed by atoms with Gasteiger partial charge in [0.1, 0.15) is 6.04 Å². The highest BCUT2D eigenvalue weighted by molar-refractivity contribution is 5.93. The van der Waals surface area contributed by atoms with Gasteiger partial charge < -0.3 is 21.7 Å². The lowest BCUT2D eigenvalue weighted by molar-refractivity contribution is -0.122. The van der Waals surface area contributed by atoms with E-state index in [-0.39, 0.29) is 5.91 Å². The molecule has 1 atom stereocenters.